The summed E-state index contributed by atoms with van der Waals surface area (Å²) in [6.45, 7) is 4.79. The van der Waals surface area contributed by atoms with Crippen molar-refractivity contribution in [3.05, 3.63) is 59.6 Å². The Kier molecular flexibility index (Phi) is 7.85. The molecule has 0 radical (unpaired) electrons. The van der Waals surface area contributed by atoms with Gasteiger partial charge in [0.1, 0.15) is 18.5 Å². The van der Waals surface area contributed by atoms with Crippen LogP contribution in [0.25, 0.3) is 0 Å². The van der Waals surface area contributed by atoms with Crippen molar-refractivity contribution in [2.75, 3.05) is 44.2 Å². The largest absolute Gasteiger partial charge is 1.00 e. The molecule has 4 nitrogen and oxygen atoms in total. The first-order valence-electron chi connectivity index (χ1n) is 8.29. The summed E-state index contributed by atoms with van der Waals surface area (Å²) in [4.78, 5) is 4.67. The van der Waals surface area contributed by atoms with Crippen LogP contribution in [0.3, 0.4) is 0 Å². The highest BCUT2D eigenvalue weighted by molar-refractivity contribution is 6.30. The zero-order valence-corrected chi connectivity index (χ0v) is 15.5. The second-order valence-corrected chi connectivity index (χ2v) is 6.48. The zero-order valence-electron chi connectivity index (χ0n) is 14.0. The maximum absolute atomic E-state index is 10.2. The third kappa shape index (κ3) is 6.08. The van der Waals surface area contributed by atoms with Crippen molar-refractivity contribution in [3.8, 4) is 5.75 Å². The number of hydrogen-bond acceptors (Lipinski definition) is 4. The Morgan fingerprint density at radius 2 is 1.60 bits per heavy atom. The number of halogens is 2. The maximum atomic E-state index is 10.2. The van der Waals surface area contributed by atoms with Crippen LogP contribution in [0.2, 0.25) is 5.02 Å². The van der Waals surface area contributed by atoms with Crippen molar-refractivity contribution in [1.82, 2.24) is 4.90 Å². The minimum atomic E-state index is -0.496. The van der Waals surface area contributed by atoms with Crippen LogP contribution in [-0.2, 0) is 0 Å². The Bertz CT molecular complexity index is 617. The third-order valence-electron chi connectivity index (χ3n) is 4.22. The molecule has 1 fully saturated rings. The van der Waals surface area contributed by atoms with Crippen molar-refractivity contribution in [2.24, 2.45) is 0 Å². The van der Waals surface area contributed by atoms with Crippen LogP contribution < -0.4 is 22.0 Å². The summed E-state index contributed by atoms with van der Waals surface area (Å²) in [6.07, 6.45) is -0.496. The highest BCUT2D eigenvalue weighted by Gasteiger charge is 2.19. The summed E-state index contributed by atoms with van der Waals surface area (Å²) in [7, 11) is 0. The number of hydrogen-bond donors (Lipinski definition) is 1. The lowest BCUT2D eigenvalue weighted by atomic mass is 10.2. The molecule has 136 valence electrons. The topological polar surface area (TPSA) is 35.9 Å². The SMILES string of the molecule is OC(COc1ccc(Cl)cc1)CN1CCN(c2ccccc2)CC1.[Cl-]. The molecule has 0 spiro atoms. The molecule has 1 atom stereocenters. The maximum Gasteiger partial charge on any atom is 0.119 e. The van der Waals surface area contributed by atoms with Gasteiger partial charge < -0.3 is 27.2 Å². The van der Waals surface area contributed by atoms with Gasteiger partial charge in [-0.15, -0.1) is 0 Å². The van der Waals surface area contributed by atoms with Gasteiger partial charge in [-0.25, -0.2) is 0 Å². The molecule has 6 heteroatoms. The number of aliphatic hydroxyl groups excluding tert-OH is 1. The van der Waals surface area contributed by atoms with Crippen molar-refractivity contribution in [1.29, 1.82) is 0 Å². The fourth-order valence-corrected chi connectivity index (χ4v) is 3.03. The van der Waals surface area contributed by atoms with Gasteiger partial charge in [0.15, 0.2) is 0 Å². The first kappa shape index (κ1) is 19.9. The molecule has 3 rings (SSSR count). The summed E-state index contributed by atoms with van der Waals surface area (Å²) in [5.74, 6) is 0.729. The van der Waals surface area contributed by atoms with Crippen LogP contribution in [0.4, 0.5) is 5.69 Å². The number of rotatable bonds is 6. The van der Waals surface area contributed by atoms with Crippen molar-refractivity contribution >= 4 is 17.3 Å². The molecule has 25 heavy (non-hydrogen) atoms. The van der Waals surface area contributed by atoms with Crippen molar-refractivity contribution < 1.29 is 22.3 Å². The fraction of sp³-hybridized carbons (Fsp3) is 0.368. The molecular weight excluding hydrogens is 359 g/mol. The number of anilines is 1. The number of aliphatic hydroxyl groups is 1. The van der Waals surface area contributed by atoms with Gasteiger partial charge in [-0.05, 0) is 36.4 Å². The average Bonchev–Trinajstić information content (AvgIpc) is 2.63. The zero-order chi connectivity index (χ0) is 16.8. The van der Waals surface area contributed by atoms with E-state index >= 15 is 0 Å². The molecule has 0 aromatic heterocycles. The molecule has 0 aliphatic carbocycles. The first-order valence-corrected chi connectivity index (χ1v) is 8.67. The second kappa shape index (κ2) is 9.88. The lowest BCUT2D eigenvalue weighted by Gasteiger charge is -2.36. The number of piperazine rings is 1. The average molecular weight is 382 g/mol. The van der Waals surface area contributed by atoms with E-state index in [4.69, 9.17) is 16.3 Å². The Morgan fingerprint density at radius 1 is 0.960 bits per heavy atom. The van der Waals surface area contributed by atoms with Crippen molar-refractivity contribution in [2.45, 2.75) is 6.10 Å². The van der Waals surface area contributed by atoms with Gasteiger partial charge in [0, 0.05) is 43.4 Å². The summed E-state index contributed by atoms with van der Waals surface area (Å²) in [5.41, 5.74) is 1.27. The Labute approximate surface area is 160 Å². The number of nitrogens with zero attached hydrogens (tertiary/aromatic N) is 2. The summed E-state index contributed by atoms with van der Waals surface area (Å²) in [6, 6.07) is 17.7. The molecule has 1 aliphatic rings. The molecule has 1 aliphatic heterocycles. The molecule has 0 bridgehead atoms. The highest BCUT2D eigenvalue weighted by atomic mass is 35.5. The quantitative estimate of drug-likeness (QED) is 0.758. The smallest absolute Gasteiger partial charge is 0.119 e. The van der Waals surface area contributed by atoms with Gasteiger partial charge in [0.2, 0.25) is 0 Å². The molecule has 1 unspecified atom stereocenters. The lowest BCUT2D eigenvalue weighted by Crippen LogP contribution is -3.00. The van der Waals surface area contributed by atoms with E-state index in [0.717, 1.165) is 31.9 Å². The van der Waals surface area contributed by atoms with Crippen molar-refractivity contribution in [3.63, 3.8) is 0 Å². The number of para-hydroxylation sites is 1. The van der Waals surface area contributed by atoms with Gasteiger partial charge in [0.05, 0.1) is 0 Å². The minimum absolute atomic E-state index is 0. The van der Waals surface area contributed by atoms with Crippen LogP contribution in [0, 0.1) is 0 Å². The molecule has 2 aromatic carbocycles. The Morgan fingerprint density at radius 3 is 2.24 bits per heavy atom. The predicted molar refractivity (Wildman–Crippen MR) is 98.0 cm³/mol. The van der Waals surface area contributed by atoms with Gasteiger partial charge in [-0.3, -0.25) is 4.90 Å². The van der Waals surface area contributed by atoms with Gasteiger partial charge in [-0.2, -0.15) is 0 Å². The predicted octanol–water partition coefficient (Wildman–Crippen LogP) is -0.0941. The molecule has 0 saturated carbocycles. The van der Waals surface area contributed by atoms with Crippen LogP contribution in [-0.4, -0.2) is 55.4 Å². The molecule has 1 N–H and O–H groups in total. The summed E-state index contributed by atoms with van der Waals surface area (Å²) >= 11 is 5.84. The molecular formula is C19H23Cl2N2O2-. The van der Waals surface area contributed by atoms with E-state index in [1.165, 1.54) is 5.69 Å². The van der Waals surface area contributed by atoms with Gasteiger partial charge in [-0.1, -0.05) is 29.8 Å². The Hall–Kier alpha value is -1.46. The monoisotopic (exact) mass is 381 g/mol. The van der Waals surface area contributed by atoms with Gasteiger partial charge >= 0.3 is 0 Å². The van der Waals surface area contributed by atoms with E-state index in [9.17, 15) is 5.11 Å². The van der Waals surface area contributed by atoms with Crippen LogP contribution in [0.15, 0.2) is 54.6 Å². The summed E-state index contributed by atoms with van der Waals surface area (Å²) in [5, 5.41) is 10.9. The molecule has 1 saturated heterocycles. The Balaban J connectivity index is 0.00000225. The van der Waals surface area contributed by atoms with E-state index in [2.05, 4.69) is 34.1 Å². The van der Waals surface area contributed by atoms with E-state index in [1.54, 1.807) is 12.1 Å². The van der Waals surface area contributed by atoms with E-state index in [0.29, 0.717) is 18.2 Å². The minimum Gasteiger partial charge on any atom is -1.00 e. The van der Waals surface area contributed by atoms with Crippen LogP contribution in [0.5, 0.6) is 5.75 Å². The number of benzene rings is 2. The highest BCUT2D eigenvalue weighted by Crippen LogP contribution is 2.17. The third-order valence-corrected chi connectivity index (χ3v) is 4.47. The first-order chi connectivity index (χ1) is 11.7. The molecule has 0 amide bonds. The van der Waals surface area contributed by atoms with Crippen LogP contribution >= 0.6 is 11.6 Å². The normalized spacial score (nSPS) is 16.2. The lowest BCUT2D eigenvalue weighted by molar-refractivity contribution is -0.00000700. The van der Waals surface area contributed by atoms with E-state index in [-0.39, 0.29) is 12.4 Å². The van der Waals surface area contributed by atoms with Gasteiger partial charge in [0.25, 0.3) is 0 Å². The number of ether oxygens (including phenoxy) is 1. The molecule has 1 heterocycles. The van der Waals surface area contributed by atoms with Crippen LogP contribution in [0.1, 0.15) is 0 Å². The standard InChI is InChI=1S/C19H23ClN2O2.ClH/c20-16-6-8-19(9-7-16)24-15-18(23)14-21-10-12-22(13-11-21)17-4-2-1-3-5-17;/h1-9,18,23H,10-15H2;1H/p-1. The fourth-order valence-electron chi connectivity index (χ4n) is 2.90. The molecule has 2 aromatic rings. The van der Waals surface area contributed by atoms with E-state index in [1.807, 2.05) is 18.2 Å². The number of β-amino-alcohol motifs (C(OH)–C–C–N with tert-alkyl or cyclic N) is 1. The summed E-state index contributed by atoms with van der Waals surface area (Å²) < 4.78 is 5.61. The van der Waals surface area contributed by atoms with E-state index < -0.39 is 6.10 Å². The second-order valence-electron chi connectivity index (χ2n) is 6.04.